The van der Waals surface area contributed by atoms with Gasteiger partial charge in [-0.15, -0.1) is 11.3 Å². The van der Waals surface area contributed by atoms with Gasteiger partial charge in [-0.05, 0) is 42.1 Å². The SMILES string of the molecule is Cc1cc(-c2cccs2)nn1CCNC(=O)Cc1ccc(C(F)(F)F)cc1. The van der Waals surface area contributed by atoms with Crippen LogP contribution in [0.4, 0.5) is 13.2 Å². The number of aromatic nitrogens is 2. The molecule has 142 valence electrons. The van der Waals surface area contributed by atoms with Crippen molar-refractivity contribution < 1.29 is 18.0 Å². The van der Waals surface area contributed by atoms with Gasteiger partial charge in [0.05, 0.1) is 23.4 Å². The number of nitrogens with one attached hydrogen (secondary N) is 1. The number of benzene rings is 1. The minimum atomic E-state index is -4.37. The highest BCUT2D eigenvalue weighted by atomic mass is 32.1. The zero-order chi connectivity index (χ0) is 19.4. The lowest BCUT2D eigenvalue weighted by Gasteiger charge is -2.09. The summed E-state index contributed by atoms with van der Waals surface area (Å²) in [6.07, 6.45) is -4.33. The minimum absolute atomic E-state index is 0.0384. The van der Waals surface area contributed by atoms with Gasteiger partial charge in [0.25, 0.3) is 0 Å². The van der Waals surface area contributed by atoms with Gasteiger partial charge in [-0.2, -0.15) is 18.3 Å². The first-order valence-corrected chi connectivity index (χ1v) is 9.22. The normalized spacial score (nSPS) is 11.6. The first kappa shape index (κ1) is 19.2. The molecule has 0 atom stereocenters. The molecule has 1 N–H and O–H groups in total. The molecule has 8 heteroatoms. The van der Waals surface area contributed by atoms with E-state index < -0.39 is 11.7 Å². The summed E-state index contributed by atoms with van der Waals surface area (Å²) in [4.78, 5) is 13.1. The summed E-state index contributed by atoms with van der Waals surface area (Å²) in [5, 5.41) is 9.30. The Morgan fingerprint density at radius 2 is 1.96 bits per heavy atom. The molecule has 0 saturated carbocycles. The Bertz CT molecular complexity index is 899. The molecule has 0 aliphatic heterocycles. The Morgan fingerprint density at radius 1 is 1.22 bits per heavy atom. The number of rotatable bonds is 6. The summed E-state index contributed by atoms with van der Waals surface area (Å²) in [6, 6.07) is 10.6. The predicted octanol–water partition coefficient (Wildman–Crippen LogP) is 4.30. The van der Waals surface area contributed by atoms with Crippen LogP contribution in [0, 0.1) is 6.92 Å². The van der Waals surface area contributed by atoms with Crippen LogP contribution < -0.4 is 5.32 Å². The zero-order valence-electron chi connectivity index (χ0n) is 14.6. The topological polar surface area (TPSA) is 46.9 Å². The Balaban J connectivity index is 1.50. The monoisotopic (exact) mass is 393 g/mol. The van der Waals surface area contributed by atoms with E-state index in [0.29, 0.717) is 18.7 Å². The third-order valence-corrected chi connectivity index (χ3v) is 4.94. The number of halogens is 3. The van der Waals surface area contributed by atoms with Crippen molar-refractivity contribution in [1.29, 1.82) is 0 Å². The minimum Gasteiger partial charge on any atom is -0.354 e. The van der Waals surface area contributed by atoms with Crippen molar-refractivity contribution in [2.75, 3.05) is 6.54 Å². The van der Waals surface area contributed by atoms with E-state index in [2.05, 4.69) is 10.4 Å². The van der Waals surface area contributed by atoms with Gasteiger partial charge in [0.1, 0.15) is 5.69 Å². The molecule has 0 bridgehead atoms. The molecule has 0 aliphatic rings. The van der Waals surface area contributed by atoms with Crippen LogP contribution in [-0.2, 0) is 23.9 Å². The van der Waals surface area contributed by atoms with E-state index in [0.717, 1.165) is 28.4 Å². The van der Waals surface area contributed by atoms with Gasteiger partial charge < -0.3 is 5.32 Å². The number of hydrogen-bond donors (Lipinski definition) is 1. The number of carbonyl (C=O) groups is 1. The second-order valence-electron chi connectivity index (χ2n) is 6.09. The standard InChI is InChI=1S/C19H18F3N3OS/c1-13-11-16(17-3-2-10-27-17)24-25(13)9-8-23-18(26)12-14-4-6-15(7-5-14)19(20,21)22/h2-7,10-11H,8-9,12H2,1H3,(H,23,26). The van der Waals surface area contributed by atoms with Crippen LogP contribution in [0.15, 0.2) is 47.8 Å². The number of thiophene rings is 1. The summed E-state index contributed by atoms with van der Waals surface area (Å²) < 4.78 is 39.5. The molecular weight excluding hydrogens is 375 g/mol. The zero-order valence-corrected chi connectivity index (χ0v) is 15.4. The van der Waals surface area contributed by atoms with Crippen molar-refractivity contribution in [3.8, 4) is 10.6 Å². The quantitative estimate of drug-likeness (QED) is 0.679. The fourth-order valence-corrected chi connectivity index (χ4v) is 3.32. The largest absolute Gasteiger partial charge is 0.416 e. The van der Waals surface area contributed by atoms with E-state index >= 15 is 0 Å². The molecule has 2 heterocycles. The van der Waals surface area contributed by atoms with Crippen molar-refractivity contribution in [1.82, 2.24) is 15.1 Å². The van der Waals surface area contributed by atoms with Crippen LogP contribution >= 0.6 is 11.3 Å². The molecule has 0 fully saturated rings. The van der Waals surface area contributed by atoms with Gasteiger partial charge in [0, 0.05) is 12.2 Å². The highest BCUT2D eigenvalue weighted by Gasteiger charge is 2.29. The first-order chi connectivity index (χ1) is 12.8. The molecule has 1 amide bonds. The predicted molar refractivity (Wildman–Crippen MR) is 98.4 cm³/mol. The summed E-state index contributed by atoms with van der Waals surface area (Å²) >= 11 is 1.61. The Morgan fingerprint density at radius 3 is 2.59 bits per heavy atom. The lowest BCUT2D eigenvalue weighted by atomic mass is 10.1. The van der Waals surface area contributed by atoms with Crippen LogP contribution in [0.25, 0.3) is 10.6 Å². The molecule has 0 spiro atoms. The summed E-state index contributed by atoms with van der Waals surface area (Å²) in [5.41, 5.74) is 1.71. The number of alkyl halides is 3. The number of aryl methyl sites for hydroxylation is 1. The van der Waals surface area contributed by atoms with Crippen molar-refractivity contribution in [2.45, 2.75) is 26.1 Å². The number of hydrogen-bond acceptors (Lipinski definition) is 3. The Labute approximate surface area is 158 Å². The van der Waals surface area contributed by atoms with Gasteiger partial charge >= 0.3 is 6.18 Å². The summed E-state index contributed by atoms with van der Waals surface area (Å²) in [6.45, 7) is 2.87. The summed E-state index contributed by atoms with van der Waals surface area (Å²) in [7, 11) is 0. The maximum absolute atomic E-state index is 12.5. The summed E-state index contributed by atoms with van der Waals surface area (Å²) in [5.74, 6) is -0.238. The third-order valence-electron chi connectivity index (χ3n) is 4.05. The molecule has 0 aliphatic carbocycles. The molecule has 0 radical (unpaired) electrons. The molecule has 4 nitrogen and oxygen atoms in total. The van der Waals surface area contributed by atoms with Crippen LogP contribution in [0.1, 0.15) is 16.8 Å². The Hall–Kier alpha value is -2.61. The average molecular weight is 393 g/mol. The van der Waals surface area contributed by atoms with E-state index in [4.69, 9.17) is 0 Å². The fraction of sp³-hybridized carbons (Fsp3) is 0.263. The molecule has 0 saturated heterocycles. The van der Waals surface area contributed by atoms with Crippen LogP contribution in [0.5, 0.6) is 0 Å². The highest BCUT2D eigenvalue weighted by molar-refractivity contribution is 7.13. The van der Waals surface area contributed by atoms with Crippen LogP contribution in [0.2, 0.25) is 0 Å². The molecule has 0 unspecified atom stereocenters. The van der Waals surface area contributed by atoms with Crippen molar-refractivity contribution in [3.63, 3.8) is 0 Å². The number of amides is 1. The van der Waals surface area contributed by atoms with E-state index in [1.54, 1.807) is 11.3 Å². The average Bonchev–Trinajstić information content (AvgIpc) is 3.25. The smallest absolute Gasteiger partial charge is 0.354 e. The van der Waals surface area contributed by atoms with Crippen molar-refractivity contribution in [2.24, 2.45) is 0 Å². The van der Waals surface area contributed by atoms with Gasteiger partial charge in [-0.3, -0.25) is 9.48 Å². The molecule has 3 aromatic rings. The number of carbonyl (C=O) groups excluding carboxylic acids is 1. The fourth-order valence-electron chi connectivity index (χ4n) is 2.64. The third kappa shape index (κ3) is 4.97. The van der Waals surface area contributed by atoms with Gasteiger partial charge in [0.2, 0.25) is 5.91 Å². The second kappa shape index (κ2) is 7.96. The van der Waals surface area contributed by atoms with E-state index in [-0.39, 0.29) is 12.3 Å². The van der Waals surface area contributed by atoms with Crippen LogP contribution in [0.3, 0.4) is 0 Å². The van der Waals surface area contributed by atoms with E-state index in [1.165, 1.54) is 12.1 Å². The Kier molecular flexibility index (Phi) is 5.65. The number of nitrogens with zero attached hydrogens (tertiary/aromatic N) is 2. The molecule has 27 heavy (non-hydrogen) atoms. The lowest BCUT2D eigenvalue weighted by molar-refractivity contribution is -0.137. The molecular formula is C19H18F3N3OS. The van der Waals surface area contributed by atoms with E-state index in [9.17, 15) is 18.0 Å². The van der Waals surface area contributed by atoms with Gasteiger partial charge in [-0.1, -0.05) is 18.2 Å². The maximum atomic E-state index is 12.5. The maximum Gasteiger partial charge on any atom is 0.416 e. The van der Waals surface area contributed by atoms with Crippen LogP contribution in [-0.4, -0.2) is 22.2 Å². The first-order valence-electron chi connectivity index (χ1n) is 8.34. The second-order valence-corrected chi connectivity index (χ2v) is 7.04. The molecule has 2 aromatic heterocycles. The van der Waals surface area contributed by atoms with Gasteiger partial charge in [0.15, 0.2) is 0 Å². The molecule has 1 aromatic carbocycles. The van der Waals surface area contributed by atoms with Crippen molar-refractivity contribution in [3.05, 3.63) is 64.7 Å². The van der Waals surface area contributed by atoms with Gasteiger partial charge in [-0.25, -0.2) is 0 Å². The lowest BCUT2D eigenvalue weighted by Crippen LogP contribution is -2.29. The highest BCUT2D eigenvalue weighted by Crippen LogP contribution is 2.29. The van der Waals surface area contributed by atoms with Crippen molar-refractivity contribution >= 4 is 17.2 Å². The molecule has 3 rings (SSSR count). The van der Waals surface area contributed by atoms with E-state index in [1.807, 2.05) is 35.2 Å².